The molecular weight excluding hydrogens is 372 g/mol. The van der Waals surface area contributed by atoms with E-state index in [-0.39, 0.29) is 12.0 Å². The molecule has 0 unspecified atom stereocenters. The maximum Gasteiger partial charge on any atom is 0.282 e. The minimum atomic E-state index is 0.00426. The molecule has 5 rings (SSSR count). The predicted octanol–water partition coefficient (Wildman–Crippen LogP) is 3.92. The molecule has 1 saturated heterocycles. The SMILES string of the molecule is O=C(c1nc2ccccc2s1)N1CCC(Oc2nncc3ccccc23)CC1. The molecule has 2 aromatic carbocycles. The Morgan fingerprint density at radius 2 is 1.86 bits per heavy atom. The second-order valence-corrected chi connectivity index (χ2v) is 7.86. The molecule has 6 nitrogen and oxygen atoms in total. The van der Waals surface area contributed by atoms with Crippen molar-refractivity contribution in [2.45, 2.75) is 18.9 Å². The van der Waals surface area contributed by atoms with E-state index in [0.717, 1.165) is 33.8 Å². The molecule has 1 amide bonds. The van der Waals surface area contributed by atoms with Gasteiger partial charge in [-0.25, -0.2) is 4.98 Å². The van der Waals surface area contributed by atoms with E-state index in [4.69, 9.17) is 4.74 Å². The number of piperidine rings is 1. The third-order valence-electron chi connectivity index (χ3n) is 5.02. The number of nitrogens with zero attached hydrogens (tertiary/aromatic N) is 4. The number of carbonyl (C=O) groups excluding carboxylic acids is 1. The number of thiazole rings is 1. The predicted molar refractivity (Wildman–Crippen MR) is 109 cm³/mol. The molecule has 1 fully saturated rings. The van der Waals surface area contributed by atoms with Crippen molar-refractivity contribution in [1.82, 2.24) is 20.1 Å². The fourth-order valence-electron chi connectivity index (χ4n) is 3.52. The zero-order valence-corrected chi connectivity index (χ0v) is 15.9. The van der Waals surface area contributed by atoms with Gasteiger partial charge in [-0.3, -0.25) is 4.79 Å². The van der Waals surface area contributed by atoms with Crippen molar-refractivity contribution < 1.29 is 9.53 Å². The van der Waals surface area contributed by atoms with E-state index in [2.05, 4.69) is 15.2 Å². The number of amides is 1. The van der Waals surface area contributed by atoms with Gasteiger partial charge in [0.15, 0.2) is 5.01 Å². The summed E-state index contributed by atoms with van der Waals surface area (Å²) < 4.78 is 7.17. The molecule has 0 aliphatic carbocycles. The Labute approximate surface area is 165 Å². The van der Waals surface area contributed by atoms with Crippen molar-refractivity contribution >= 4 is 38.2 Å². The highest BCUT2D eigenvalue weighted by molar-refractivity contribution is 7.20. The van der Waals surface area contributed by atoms with E-state index in [1.807, 2.05) is 53.4 Å². The van der Waals surface area contributed by atoms with E-state index < -0.39 is 0 Å². The second kappa shape index (κ2) is 7.16. The zero-order chi connectivity index (χ0) is 18.9. The van der Waals surface area contributed by atoms with Gasteiger partial charge >= 0.3 is 0 Å². The fourth-order valence-corrected chi connectivity index (χ4v) is 4.46. The normalized spacial score (nSPS) is 15.2. The van der Waals surface area contributed by atoms with Gasteiger partial charge in [-0.2, -0.15) is 5.10 Å². The van der Waals surface area contributed by atoms with Crippen LogP contribution in [-0.4, -0.2) is 45.2 Å². The number of aromatic nitrogens is 3. The van der Waals surface area contributed by atoms with Gasteiger partial charge in [0, 0.05) is 36.7 Å². The molecule has 7 heteroatoms. The molecule has 140 valence electrons. The summed E-state index contributed by atoms with van der Waals surface area (Å²) in [4.78, 5) is 19.2. The van der Waals surface area contributed by atoms with Crippen molar-refractivity contribution in [2.75, 3.05) is 13.1 Å². The highest BCUT2D eigenvalue weighted by Gasteiger charge is 2.27. The molecular formula is C21H18N4O2S. The molecule has 1 aliphatic rings. The zero-order valence-electron chi connectivity index (χ0n) is 15.1. The molecule has 0 bridgehead atoms. The maximum absolute atomic E-state index is 12.8. The number of hydrogen-bond acceptors (Lipinski definition) is 6. The standard InChI is InChI=1S/C21H18N4O2S/c26-21(20-23-17-7-3-4-8-18(17)28-20)25-11-9-15(10-12-25)27-19-16-6-2-1-5-14(16)13-22-24-19/h1-8,13,15H,9-12H2. The molecule has 0 radical (unpaired) electrons. The van der Waals surface area contributed by atoms with Gasteiger partial charge in [0.05, 0.1) is 16.4 Å². The van der Waals surface area contributed by atoms with Crippen LogP contribution >= 0.6 is 11.3 Å². The van der Waals surface area contributed by atoms with Crippen LogP contribution < -0.4 is 4.74 Å². The number of hydrogen-bond donors (Lipinski definition) is 0. The Hall–Kier alpha value is -3.06. The third-order valence-corrected chi connectivity index (χ3v) is 6.05. The number of rotatable bonds is 3. The quantitative estimate of drug-likeness (QED) is 0.530. The molecule has 1 aliphatic heterocycles. The summed E-state index contributed by atoms with van der Waals surface area (Å²) in [5.41, 5.74) is 0.878. The van der Waals surface area contributed by atoms with Crippen molar-refractivity contribution in [3.8, 4) is 5.88 Å². The van der Waals surface area contributed by atoms with Gasteiger partial charge in [0.2, 0.25) is 5.88 Å². The Morgan fingerprint density at radius 1 is 1.07 bits per heavy atom. The molecule has 28 heavy (non-hydrogen) atoms. The number of para-hydroxylation sites is 1. The van der Waals surface area contributed by atoms with Gasteiger partial charge in [0.25, 0.3) is 5.91 Å². The van der Waals surface area contributed by atoms with E-state index in [1.165, 1.54) is 11.3 Å². The fraction of sp³-hybridized carbons (Fsp3) is 0.238. The Kier molecular flexibility index (Phi) is 4.37. The summed E-state index contributed by atoms with van der Waals surface area (Å²) >= 11 is 1.45. The molecule has 0 N–H and O–H groups in total. The van der Waals surface area contributed by atoms with Crippen LogP contribution in [-0.2, 0) is 0 Å². The van der Waals surface area contributed by atoms with E-state index in [9.17, 15) is 4.79 Å². The van der Waals surface area contributed by atoms with Gasteiger partial charge in [0.1, 0.15) is 6.10 Å². The van der Waals surface area contributed by atoms with Gasteiger partial charge in [-0.15, -0.1) is 16.4 Å². The van der Waals surface area contributed by atoms with Crippen LogP contribution in [0.3, 0.4) is 0 Å². The van der Waals surface area contributed by atoms with Crippen molar-refractivity contribution in [3.05, 3.63) is 59.7 Å². The summed E-state index contributed by atoms with van der Waals surface area (Å²) in [6, 6.07) is 15.8. The first-order valence-corrected chi connectivity index (χ1v) is 10.1. The lowest BCUT2D eigenvalue weighted by molar-refractivity contribution is 0.0589. The average Bonchev–Trinajstić information content (AvgIpc) is 3.18. The first kappa shape index (κ1) is 17.1. The molecule has 0 atom stereocenters. The van der Waals surface area contributed by atoms with Crippen LogP contribution in [0.4, 0.5) is 0 Å². The van der Waals surface area contributed by atoms with E-state index >= 15 is 0 Å². The smallest absolute Gasteiger partial charge is 0.282 e. The molecule has 0 spiro atoms. The van der Waals surface area contributed by atoms with Crippen LogP contribution in [0.1, 0.15) is 22.6 Å². The summed E-state index contributed by atoms with van der Waals surface area (Å²) in [7, 11) is 0. The Morgan fingerprint density at radius 3 is 2.71 bits per heavy atom. The minimum Gasteiger partial charge on any atom is -0.473 e. The highest BCUT2D eigenvalue weighted by atomic mass is 32.1. The summed E-state index contributed by atoms with van der Waals surface area (Å²) in [6.07, 6.45) is 3.30. The van der Waals surface area contributed by atoms with Gasteiger partial charge < -0.3 is 9.64 Å². The Balaban J connectivity index is 1.26. The first-order chi connectivity index (χ1) is 13.8. The number of carbonyl (C=O) groups is 1. The lowest BCUT2D eigenvalue weighted by Crippen LogP contribution is -2.41. The van der Waals surface area contributed by atoms with Crippen molar-refractivity contribution in [3.63, 3.8) is 0 Å². The maximum atomic E-state index is 12.8. The first-order valence-electron chi connectivity index (χ1n) is 9.30. The molecule has 4 aromatic rings. The van der Waals surface area contributed by atoms with Crippen LogP contribution in [0, 0.1) is 0 Å². The van der Waals surface area contributed by atoms with Crippen LogP contribution in [0.2, 0.25) is 0 Å². The number of fused-ring (bicyclic) bond motifs is 2. The lowest BCUT2D eigenvalue weighted by atomic mass is 10.1. The van der Waals surface area contributed by atoms with Crippen LogP contribution in [0.25, 0.3) is 21.0 Å². The molecule has 3 heterocycles. The third kappa shape index (κ3) is 3.18. The average molecular weight is 390 g/mol. The molecule has 0 saturated carbocycles. The summed E-state index contributed by atoms with van der Waals surface area (Å²) in [5, 5.41) is 10.7. The van der Waals surface area contributed by atoms with Crippen molar-refractivity contribution in [2.24, 2.45) is 0 Å². The van der Waals surface area contributed by atoms with E-state index in [1.54, 1.807) is 6.20 Å². The van der Waals surface area contributed by atoms with Crippen molar-refractivity contribution in [1.29, 1.82) is 0 Å². The summed E-state index contributed by atoms with van der Waals surface area (Å²) in [6.45, 7) is 1.30. The van der Waals surface area contributed by atoms with Crippen LogP contribution in [0.15, 0.2) is 54.7 Å². The van der Waals surface area contributed by atoms with Crippen LogP contribution in [0.5, 0.6) is 5.88 Å². The lowest BCUT2D eigenvalue weighted by Gasteiger charge is -2.31. The number of likely N-dealkylation sites (tertiary alicyclic amines) is 1. The Bertz CT molecular complexity index is 1110. The topological polar surface area (TPSA) is 68.2 Å². The van der Waals surface area contributed by atoms with E-state index in [0.29, 0.717) is 24.0 Å². The second-order valence-electron chi connectivity index (χ2n) is 6.83. The monoisotopic (exact) mass is 390 g/mol. The van der Waals surface area contributed by atoms with Gasteiger partial charge in [-0.05, 0) is 18.2 Å². The highest BCUT2D eigenvalue weighted by Crippen LogP contribution is 2.27. The summed E-state index contributed by atoms with van der Waals surface area (Å²) in [5.74, 6) is 0.568. The largest absolute Gasteiger partial charge is 0.473 e. The minimum absolute atomic E-state index is 0.00426. The number of benzene rings is 2. The van der Waals surface area contributed by atoms with Gasteiger partial charge in [-0.1, -0.05) is 30.3 Å². The molecule has 2 aromatic heterocycles. The number of ether oxygens (including phenoxy) is 1.